The Morgan fingerprint density at radius 3 is 3.15 bits per heavy atom. The van der Waals surface area contributed by atoms with Crippen LogP contribution >= 0.6 is 11.3 Å². The summed E-state index contributed by atoms with van der Waals surface area (Å²) in [5.41, 5.74) is 3.25. The Balaban J connectivity index is 2.27. The molecule has 1 rings (SSSR count). The average Bonchev–Trinajstić information content (AvgIpc) is 2.64. The summed E-state index contributed by atoms with van der Waals surface area (Å²) < 4.78 is 0. The highest BCUT2D eigenvalue weighted by atomic mass is 32.1. The lowest BCUT2D eigenvalue weighted by atomic mass is 10.4. The van der Waals surface area contributed by atoms with Gasteiger partial charge in [0.1, 0.15) is 0 Å². The summed E-state index contributed by atoms with van der Waals surface area (Å²) in [6.45, 7) is 4.61. The minimum atomic E-state index is 0.811. The Bertz CT molecular complexity index is 277. The Hall–Kier alpha value is -1.26. The van der Waals surface area contributed by atoms with Crippen molar-refractivity contribution in [3.8, 4) is 0 Å². The molecule has 1 aromatic rings. The van der Waals surface area contributed by atoms with E-state index < -0.39 is 0 Å². The van der Waals surface area contributed by atoms with Gasteiger partial charge in [-0.15, -0.1) is 11.3 Å². The van der Waals surface area contributed by atoms with Crippen molar-refractivity contribution in [1.82, 2.24) is 10.7 Å². The van der Waals surface area contributed by atoms with Crippen molar-refractivity contribution >= 4 is 11.3 Å². The molecule has 0 saturated heterocycles. The number of nitrogens with two attached hydrogens (primary N) is 1. The van der Waals surface area contributed by atoms with Crippen LogP contribution < -0.4 is 16.6 Å². The smallest absolute Gasteiger partial charge is 0.0493 e. The van der Waals surface area contributed by atoms with Crippen molar-refractivity contribution in [2.75, 3.05) is 0 Å². The van der Waals surface area contributed by atoms with Gasteiger partial charge < -0.3 is 10.7 Å². The Morgan fingerprint density at radius 1 is 1.69 bits per heavy atom. The first-order valence-electron chi connectivity index (χ1n) is 3.91. The monoisotopic (exact) mass is 195 g/mol. The molecule has 0 aliphatic carbocycles. The van der Waals surface area contributed by atoms with E-state index in [1.165, 1.54) is 4.88 Å². The maximum atomic E-state index is 5.06. The van der Waals surface area contributed by atoms with E-state index in [0.717, 1.165) is 12.2 Å². The molecule has 0 fully saturated rings. The van der Waals surface area contributed by atoms with Crippen LogP contribution in [-0.2, 0) is 6.54 Å². The van der Waals surface area contributed by atoms with Crippen LogP contribution in [0.4, 0.5) is 0 Å². The molecule has 4 heteroatoms. The third-order valence-corrected chi connectivity index (χ3v) is 2.33. The number of nitrogens with one attached hydrogen (secondary N) is 2. The van der Waals surface area contributed by atoms with Crippen LogP contribution in [0, 0.1) is 0 Å². The fourth-order valence-electron chi connectivity index (χ4n) is 0.821. The van der Waals surface area contributed by atoms with Gasteiger partial charge in [-0.05, 0) is 17.5 Å². The van der Waals surface area contributed by atoms with E-state index in [9.17, 15) is 0 Å². The molecule has 70 valence electrons. The fraction of sp³-hybridized carbons (Fsp3) is 0.111. The SMILES string of the molecule is C=C(/C=C\NN)NCc1cccs1. The molecule has 4 N–H and O–H groups in total. The van der Waals surface area contributed by atoms with E-state index >= 15 is 0 Å². The molecule has 0 saturated carbocycles. The summed E-state index contributed by atoms with van der Waals surface area (Å²) in [5.74, 6) is 5.06. The molecule has 0 radical (unpaired) electrons. The van der Waals surface area contributed by atoms with Gasteiger partial charge in [0, 0.05) is 23.3 Å². The molecule has 1 heterocycles. The van der Waals surface area contributed by atoms with Gasteiger partial charge in [0.2, 0.25) is 0 Å². The minimum absolute atomic E-state index is 0.811. The fourth-order valence-corrected chi connectivity index (χ4v) is 1.47. The molecule has 0 spiro atoms. The van der Waals surface area contributed by atoms with Gasteiger partial charge in [-0.3, -0.25) is 5.84 Å². The van der Waals surface area contributed by atoms with E-state index in [1.807, 2.05) is 6.07 Å². The zero-order valence-electron chi connectivity index (χ0n) is 7.29. The maximum absolute atomic E-state index is 5.06. The number of hydrogen-bond donors (Lipinski definition) is 3. The van der Waals surface area contributed by atoms with Gasteiger partial charge in [-0.25, -0.2) is 0 Å². The quantitative estimate of drug-likeness (QED) is 0.377. The van der Waals surface area contributed by atoms with Crippen LogP contribution in [-0.4, -0.2) is 0 Å². The molecule has 0 aromatic carbocycles. The van der Waals surface area contributed by atoms with Crippen molar-refractivity contribution in [2.45, 2.75) is 6.54 Å². The molecular weight excluding hydrogens is 182 g/mol. The molecule has 0 amide bonds. The Labute approximate surface area is 81.9 Å². The van der Waals surface area contributed by atoms with Crippen molar-refractivity contribution in [2.24, 2.45) is 5.84 Å². The lowest BCUT2D eigenvalue weighted by molar-refractivity contribution is 0.846. The van der Waals surface area contributed by atoms with Crippen LogP contribution in [0.5, 0.6) is 0 Å². The highest BCUT2D eigenvalue weighted by Crippen LogP contribution is 2.07. The Kier molecular flexibility index (Phi) is 4.08. The van der Waals surface area contributed by atoms with E-state index in [4.69, 9.17) is 5.84 Å². The van der Waals surface area contributed by atoms with E-state index in [0.29, 0.717) is 0 Å². The molecule has 3 nitrogen and oxygen atoms in total. The number of rotatable bonds is 5. The number of hydrazine groups is 1. The van der Waals surface area contributed by atoms with E-state index in [1.54, 1.807) is 23.6 Å². The largest absolute Gasteiger partial charge is 0.381 e. The second-order valence-corrected chi connectivity index (χ2v) is 3.49. The van der Waals surface area contributed by atoms with Gasteiger partial charge in [0.05, 0.1) is 0 Å². The number of thiophene rings is 1. The lowest BCUT2D eigenvalue weighted by Gasteiger charge is -2.02. The first-order chi connectivity index (χ1) is 6.33. The molecular formula is C9H13N3S. The molecule has 13 heavy (non-hydrogen) atoms. The molecule has 0 aliphatic rings. The minimum Gasteiger partial charge on any atom is -0.381 e. The van der Waals surface area contributed by atoms with Gasteiger partial charge in [0.15, 0.2) is 0 Å². The Morgan fingerprint density at radius 2 is 2.54 bits per heavy atom. The zero-order valence-corrected chi connectivity index (χ0v) is 8.10. The van der Waals surface area contributed by atoms with E-state index in [2.05, 4.69) is 28.8 Å². The van der Waals surface area contributed by atoms with Crippen molar-refractivity contribution < 1.29 is 0 Å². The van der Waals surface area contributed by atoms with Crippen LogP contribution in [0.15, 0.2) is 42.1 Å². The topological polar surface area (TPSA) is 50.1 Å². The summed E-state index contributed by atoms with van der Waals surface area (Å²) >= 11 is 1.72. The first-order valence-corrected chi connectivity index (χ1v) is 4.78. The number of hydrogen-bond acceptors (Lipinski definition) is 4. The first kappa shape index (κ1) is 9.83. The standard InChI is InChI=1S/C9H13N3S/c1-8(4-5-12-10)11-7-9-3-2-6-13-9/h2-6,11-12H,1,7,10H2/b5-4-. The highest BCUT2D eigenvalue weighted by Gasteiger charge is 1.91. The van der Waals surface area contributed by atoms with Crippen LogP contribution in [0.3, 0.4) is 0 Å². The van der Waals surface area contributed by atoms with Crippen molar-refractivity contribution in [3.63, 3.8) is 0 Å². The molecule has 0 unspecified atom stereocenters. The van der Waals surface area contributed by atoms with E-state index in [-0.39, 0.29) is 0 Å². The highest BCUT2D eigenvalue weighted by molar-refractivity contribution is 7.09. The predicted octanol–water partition coefficient (Wildman–Crippen LogP) is 1.33. The van der Waals surface area contributed by atoms with Gasteiger partial charge in [-0.1, -0.05) is 12.6 Å². The maximum Gasteiger partial charge on any atom is 0.0493 e. The van der Waals surface area contributed by atoms with Gasteiger partial charge in [-0.2, -0.15) is 0 Å². The third-order valence-electron chi connectivity index (χ3n) is 1.45. The normalized spacial score (nSPS) is 10.2. The molecule has 1 aromatic heterocycles. The van der Waals surface area contributed by atoms with Crippen LogP contribution in [0.25, 0.3) is 0 Å². The second kappa shape index (κ2) is 5.40. The van der Waals surface area contributed by atoms with Gasteiger partial charge in [0.25, 0.3) is 0 Å². The third kappa shape index (κ3) is 3.78. The summed E-state index contributed by atoms with van der Waals surface area (Å²) in [5, 5.41) is 5.21. The van der Waals surface area contributed by atoms with Gasteiger partial charge >= 0.3 is 0 Å². The summed E-state index contributed by atoms with van der Waals surface area (Å²) in [7, 11) is 0. The van der Waals surface area contributed by atoms with Crippen molar-refractivity contribution in [1.29, 1.82) is 0 Å². The summed E-state index contributed by atoms with van der Waals surface area (Å²) in [6, 6.07) is 4.11. The van der Waals surface area contributed by atoms with Crippen LogP contribution in [0.2, 0.25) is 0 Å². The molecule has 0 aliphatic heterocycles. The molecule has 0 atom stereocenters. The lowest BCUT2D eigenvalue weighted by Crippen LogP contribution is -2.15. The second-order valence-electron chi connectivity index (χ2n) is 2.46. The van der Waals surface area contributed by atoms with Crippen molar-refractivity contribution in [3.05, 3.63) is 46.9 Å². The van der Waals surface area contributed by atoms with Crippen LogP contribution in [0.1, 0.15) is 4.88 Å². The predicted molar refractivity (Wildman–Crippen MR) is 56.8 cm³/mol. The number of allylic oxidation sites excluding steroid dienone is 1. The average molecular weight is 195 g/mol. The molecule has 0 bridgehead atoms. The zero-order chi connectivity index (χ0) is 9.52. The summed E-state index contributed by atoms with van der Waals surface area (Å²) in [4.78, 5) is 1.29. The summed E-state index contributed by atoms with van der Waals surface area (Å²) in [6.07, 6.45) is 3.41.